The van der Waals surface area contributed by atoms with Gasteiger partial charge in [-0.05, 0) is 114 Å². The molecule has 4 fully saturated rings. The molecule has 9 heteroatoms. The number of carbonyl (C=O) groups is 1. The minimum absolute atomic E-state index is 0. The Balaban J connectivity index is 0.000000265. The Morgan fingerprint density at radius 2 is 0.949 bits per heavy atom. The van der Waals surface area contributed by atoms with Crippen LogP contribution in [-0.2, 0) is 19.6 Å². The van der Waals surface area contributed by atoms with E-state index in [9.17, 15) is 4.79 Å². The normalized spacial score (nSPS) is 18.0. The number of nitrogens with one attached hydrogen (secondary N) is 1. The summed E-state index contributed by atoms with van der Waals surface area (Å²) in [6.45, 7) is 2.34. The predicted octanol–water partition coefficient (Wildman–Crippen LogP) is 8.69. The molecule has 5 nitrogen and oxygen atoms in total. The van der Waals surface area contributed by atoms with Crippen molar-refractivity contribution < 1.29 is 35.8 Å². The fourth-order valence-corrected chi connectivity index (χ4v) is 17.8. The minimum atomic E-state index is -0.150. The monoisotopic (exact) mass is 840 g/mol. The molecule has 3 radical (unpaired) electrons. The first-order chi connectivity index (χ1) is 28.2. The van der Waals surface area contributed by atoms with Gasteiger partial charge in [-0.2, -0.15) is 0 Å². The minimum Gasteiger partial charge on any atom is -1.00 e. The molecule has 3 N–H and O–H groups in total. The molecule has 4 aromatic rings. The third kappa shape index (κ3) is 15.8. The number of hydrogen-bond acceptors (Lipinski definition) is 5. The second-order valence-electron chi connectivity index (χ2n) is 16.7. The van der Waals surface area contributed by atoms with Crippen LogP contribution in [0.25, 0.3) is 0 Å². The zero-order valence-electron chi connectivity index (χ0n) is 37.2. The van der Waals surface area contributed by atoms with Crippen molar-refractivity contribution in [3.05, 3.63) is 120 Å². The first-order valence-electron chi connectivity index (χ1n) is 22.6. The van der Waals surface area contributed by atoms with Crippen molar-refractivity contribution in [2.24, 2.45) is 5.73 Å². The molecule has 59 heavy (non-hydrogen) atoms. The van der Waals surface area contributed by atoms with Gasteiger partial charge in [0.2, 0.25) is 0 Å². The molecular weight excluding hydrogens is 768 g/mol. The zero-order valence-corrected chi connectivity index (χ0v) is 40.0. The van der Waals surface area contributed by atoms with Crippen LogP contribution in [0.4, 0.5) is 0 Å². The number of aldehydes is 1. The number of nitrogens with two attached hydrogens (primary N) is 1. The quantitative estimate of drug-likeness (QED) is 0.0849. The van der Waals surface area contributed by atoms with Gasteiger partial charge in [-0.15, -0.1) is 0 Å². The fraction of sp³-hybridized carbons (Fsp3) is 0.540. The molecule has 8 rings (SSSR count). The van der Waals surface area contributed by atoms with Gasteiger partial charge in [0.25, 0.3) is 0 Å². The van der Waals surface area contributed by atoms with Crippen molar-refractivity contribution in [1.29, 1.82) is 0 Å². The van der Waals surface area contributed by atoms with Crippen molar-refractivity contribution in [3.63, 3.8) is 0 Å². The number of nitrogens with zero attached hydrogens (tertiary/aromatic N) is 2. The summed E-state index contributed by atoms with van der Waals surface area (Å²) in [5.41, 5.74) is 13.5. The molecule has 4 aliphatic carbocycles. The van der Waals surface area contributed by atoms with Crippen LogP contribution in [0.15, 0.2) is 97.3 Å². The van der Waals surface area contributed by atoms with Crippen molar-refractivity contribution >= 4 is 41.2 Å². The molecule has 0 spiro atoms. The molecule has 2 aromatic carbocycles. The number of pyridine rings is 2. The van der Waals surface area contributed by atoms with E-state index in [4.69, 9.17) is 5.73 Å². The maximum Gasteiger partial charge on any atom is 1.00 e. The van der Waals surface area contributed by atoms with E-state index < -0.39 is 0 Å². The Morgan fingerprint density at radius 1 is 0.542 bits per heavy atom. The van der Waals surface area contributed by atoms with Crippen LogP contribution in [-0.4, -0.2) is 47.3 Å². The van der Waals surface area contributed by atoms with Crippen LogP contribution < -0.4 is 51.2 Å². The van der Waals surface area contributed by atoms with E-state index in [1.165, 1.54) is 134 Å². The summed E-state index contributed by atoms with van der Waals surface area (Å²) in [5, 5.41) is 6.80. The van der Waals surface area contributed by atoms with Crippen LogP contribution >= 0.6 is 15.8 Å². The van der Waals surface area contributed by atoms with Crippen molar-refractivity contribution in [3.8, 4) is 0 Å². The maximum absolute atomic E-state index is 11.5. The second-order valence-corrected chi connectivity index (χ2v) is 22.3. The molecule has 2 aromatic heterocycles. The largest absolute Gasteiger partial charge is 1.00 e. The summed E-state index contributed by atoms with van der Waals surface area (Å²) in [7, 11) is -0.189. The number of benzene rings is 2. The summed E-state index contributed by atoms with van der Waals surface area (Å²) >= 11 is 0. The molecule has 311 valence electrons. The Morgan fingerprint density at radius 3 is 1.37 bits per heavy atom. The van der Waals surface area contributed by atoms with Gasteiger partial charge in [0.05, 0.1) is 11.4 Å². The third-order valence-corrected chi connectivity index (χ3v) is 19.9. The molecule has 0 atom stereocenters. The van der Waals surface area contributed by atoms with Gasteiger partial charge in [-0.25, -0.2) is 0 Å². The van der Waals surface area contributed by atoms with E-state index in [1.54, 1.807) is 17.1 Å². The fourth-order valence-electron chi connectivity index (χ4n) is 9.90. The Bertz CT molecular complexity index is 1670. The van der Waals surface area contributed by atoms with E-state index in [0.717, 1.165) is 59.0 Å². The van der Waals surface area contributed by atoms with Gasteiger partial charge in [-0.3, -0.25) is 14.8 Å². The van der Waals surface area contributed by atoms with Crippen molar-refractivity contribution in [2.45, 2.75) is 171 Å². The molecule has 2 heterocycles. The molecule has 4 aliphatic rings. The molecule has 0 saturated heterocycles. The van der Waals surface area contributed by atoms with Crippen LogP contribution in [0.2, 0.25) is 0 Å². The van der Waals surface area contributed by atoms with Gasteiger partial charge in [0.15, 0.2) is 6.29 Å². The molecule has 0 bridgehead atoms. The SMILES string of the molecule is NCc1ccccn1.O=Cc1ccccc1P(C1CCCCC1)C1CCCCC1.[B].[H-].[Na+].c1ccc(CNCc2ccccc2P(C2CCCCC2)C2CCCCC2)nc1. The Labute approximate surface area is 386 Å². The van der Waals surface area contributed by atoms with E-state index in [0.29, 0.717) is 6.54 Å². The molecule has 0 aliphatic heterocycles. The van der Waals surface area contributed by atoms with Crippen molar-refractivity contribution in [1.82, 2.24) is 15.3 Å². The standard InChI is InChI=1S/C25H35N2P.C19H27OP.C6H8N2.B.Na.H/c1-3-13-23(14-4-1)28(24-15-5-2-6-16-24)25-17-8-7-11-21(25)19-26-20-22-12-9-10-18-27-22;20-15-16-9-7-8-14-19(16)21(17-10-3-1-4-11-17)18-12-5-2-6-13-18;7-5-6-3-1-2-4-8-6;;;/h7-12,17-18,23-24,26H,1-6,13-16,19-20H2;7-9,14-15,17-18H,1-6,10-13H2;1-4H,5,7H2;;;/q;;;;+1;-1. The first-order valence-corrected chi connectivity index (χ1v) is 25.6. The van der Waals surface area contributed by atoms with Gasteiger partial charge in [-0.1, -0.05) is 154 Å². The Kier molecular flexibility index (Phi) is 24.3. The van der Waals surface area contributed by atoms with Crippen molar-refractivity contribution in [2.75, 3.05) is 0 Å². The average Bonchev–Trinajstić information content (AvgIpc) is 3.30. The maximum atomic E-state index is 11.5. The first kappa shape index (κ1) is 49.9. The van der Waals surface area contributed by atoms with E-state index in [2.05, 4.69) is 63.8 Å². The summed E-state index contributed by atoms with van der Waals surface area (Å²) in [4.78, 5) is 19.9. The van der Waals surface area contributed by atoms with E-state index in [-0.39, 0.29) is 55.2 Å². The predicted molar refractivity (Wildman–Crippen MR) is 253 cm³/mol. The van der Waals surface area contributed by atoms with Crippen LogP contribution in [0.5, 0.6) is 0 Å². The zero-order chi connectivity index (χ0) is 39.3. The van der Waals surface area contributed by atoms with Gasteiger partial charge in [0, 0.05) is 46.0 Å². The summed E-state index contributed by atoms with van der Waals surface area (Å²) in [6, 6.07) is 29.7. The number of carbonyl (C=O) groups excluding carboxylic acids is 1. The smallest absolute Gasteiger partial charge is 1.00 e. The summed E-state index contributed by atoms with van der Waals surface area (Å²) < 4.78 is 0. The molecule has 4 saturated carbocycles. The topological polar surface area (TPSA) is 80.9 Å². The average molecular weight is 840 g/mol. The van der Waals surface area contributed by atoms with Gasteiger partial charge >= 0.3 is 29.6 Å². The van der Waals surface area contributed by atoms with Crippen LogP contribution in [0, 0.1) is 0 Å². The van der Waals surface area contributed by atoms with Gasteiger partial charge in [0.1, 0.15) is 0 Å². The van der Waals surface area contributed by atoms with E-state index in [1.807, 2.05) is 42.6 Å². The molecule has 0 unspecified atom stereocenters. The van der Waals surface area contributed by atoms with Crippen LogP contribution in [0.3, 0.4) is 0 Å². The molecular formula is C50H71BN4NaOP2. The number of hydrogen-bond donors (Lipinski definition) is 2. The third-order valence-electron chi connectivity index (χ3n) is 12.8. The van der Waals surface area contributed by atoms with Gasteiger partial charge < -0.3 is 12.5 Å². The summed E-state index contributed by atoms with van der Waals surface area (Å²) in [6.07, 6.45) is 33.4. The van der Waals surface area contributed by atoms with Crippen LogP contribution in [0.1, 0.15) is 157 Å². The molecule has 0 amide bonds. The Hall–Kier alpha value is -1.75. The second kappa shape index (κ2) is 28.8. The number of rotatable bonds is 12. The number of aromatic nitrogens is 2. The van der Waals surface area contributed by atoms with E-state index >= 15 is 0 Å². The summed E-state index contributed by atoms with van der Waals surface area (Å²) in [5.74, 6) is 0.